The summed E-state index contributed by atoms with van der Waals surface area (Å²) in [5.74, 6) is -0.0975. The average Bonchev–Trinajstić information content (AvgIpc) is 3.27. The fraction of sp³-hybridized carbons (Fsp3) is 0.417. The highest BCUT2D eigenvalue weighted by molar-refractivity contribution is 7.99. The summed E-state index contributed by atoms with van der Waals surface area (Å²) >= 11 is 1.19. The van der Waals surface area contributed by atoms with Gasteiger partial charge in [-0.1, -0.05) is 25.1 Å². The van der Waals surface area contributed by atoms with Crippen molar-refractivity contribution in [3.8, 4) is 5.75 Å². The first-order chi connectivity index (χ1) is 18.5. The van der Waals surface area contributed by atoms with Crippen molar-refractivity contribution in [2.45, 2.75) is 41.3 Å². The van der Waals surface area contributed by atoms with Gasteiger partial charge < -0.3 is 19.4 Å². The SMILES string of the molecule is CCCCn1c(SCC(=O)Nc2cc(S(=O)(=O)N3CCOCC3)ccc2OC)nc2cc(S(N)(=O)=O)ccc21. The van der Waals surface area contributed by atoms with Gasteiger partial charge in [-0.05, 0) is 42.8 Å². The van der Waals surface area contributed by atoms with Gasteiger partial charge in [0, 0.05) is 19.6 Å². The fourth-order valence-corrected chi connectivity index (χ4v) is 6.91. The Kier molecular flexibility index (Phi) is 9.18. The highest BCUT2D eigenvalue weighted by Crippen LogP contribution is 2.31. The van der Waals surface area contributed by atoms with E-state index in [0.717, 1.165) is 18.4 Å². The van der Waals surface area contributed by atoms with Gasteiger partial charge in [0.15, 0.2) is 5.16 Å². The minimum absolute atomic E-state index is 0.0267. The molecule has 0 aliphatic carbocycles. The van der Waals surface area contributed by atoms with Crippen LogP contribution in [-0.4, -0.2) is 75.8 Å². The van der Waals surface area contributed by atoms with Crippen molar-refractivity contribution >= 4 is 54.4 Å². The monoisotopic (exact) mass is 597 g/mol. The first-order valence-corrected chi connectivity index (χ1v) is 16.2. The first-order valence-electron chi connectivity index (χ1n) is 12.3. The molecule has 0 saturated carbocycles. The van der Waals surface area contributed by atoms with E-state index >= 15 is 0 Å². The van der Waals surface area contributed by atoms with E-state index in [0.29, 0.717) is 36.2 Å². The lowest BCUT2D eigenvalue weighted by molar-refractivity contribution is -0.113. The molecule has 3 aromatic rings. The number of nitrogens with two attached hydrogens (primary N) is 1. The van der Waals surface area contributed by atoms with Gasteiger partial charge in [-0.3, -0.25) is 4.79 Å². The third-order valence-electron chi connectivity index (χ3n) is 6.13. The number of aromatic nitrogens is 2. The summed E-state index contributed by atoms with van der Waals surface area (Å²) in [5, 5.41) is 8.57. The summed E-state index contributed by atoms with van der Waals surface area (Å²) < 4.78 is 63.6. The second-order valence-corrected chi connectivity index (χ2v) is 13.3. The van der Waals surface area contributed by atoms with E-state index in [-0.39, 0.29) is 34.3 Å². The number of methoxy groups -OCH3 is 1. The minimum atomic E-state index is -3.89. The number of fused-ring (bicyclic) bond motifs is 1. The average molecular weight is 598 g/mol. The quantitative estimate of drug-likeness (QED) is 0.316. The molecule has 12 nitrogen and oxygen atoms in total. The number of hydrogen-bond acceptors (Lipinski definition) is 9. The van der Waals surface area contributed by atoms with E-state index in [9.17, 15) is 21.6 Å². The number of thioether (sulfide) groups is 1. The summed E-state index contributed by atoms with van der Waals surface area (Å²) in [7, 11) is -6.22. The number of nitrogens with zero attached hydrogens (tertiary/aromatic N) is 3. The van der Waals surface area contributed by atoms with Gasteiger partial charge in [-0.15, -0.1) is 0 Å². The van der Waals surface area contributed by atoms with Crippen LogP contribution < -0.4 is 15.2 Å². The molecule has 1 amide bonds. The maximum atomic E-state index is 13.1. The Bertz CT molecular complexity index is 1570. The predicted molar refractivity (Wildman–Crippen MR) is 148 cm³/mol. The van der Waals surface area contributed by atoms with E-state index in [1.54, 1.807) is 6.07 Å². The third kappa shape index (κ3) is 6.73. The molecular formula is C24H31N5O7S3. The number of nitrogens with one attached hydrogen (secondary N) is 1. The number of aryl methyl sites for hydroxylation is 1. The van der Waals surface area contributed by atoms with Gasteiger partial charge >= 0.3 is 0 Å². The number of rotatable bonds is 11. The number of benzene rings is 2. The summed E-state index contributed by atoms with van der Waals surface area (Å²) in [4.78, 5) is 17.5. The number of morpholine rings is 1. The number of carbonyl (C=O) groups excluding carboxylic acids is 1. The predicted octanol–water partition coefficient (Wildman–Crippen LogP) is 2.24. The summed E-state index contributed by atoms with van der Waals surface area (Å²) in [5.41, 5.74) is 1.43. The molecule has 0 atom stereocenters. The van der Waals surface area contributed by atoms with Crippen molar-refractivity contribution in [2.75, 3.05) is 44.5 Å². The number of anilines is 1. The van der Waals surface area contributed by atoms with Gasteiger partial charge in [0.25, 0.3) is 0 Å². The molecule has 0 spiro atoms. The molecule has 4 rings (SSSR count). The van der Waals surface area contributed by atoms with Crippen molar-refractivity contribution < 1.29 is 31.1 Å². The fourth-order valence-electron chi connectivity index (χ4n) is 4.10. The molecule has 1 aliphatic heterocycles. The molecule has 1 fully saturated rings. The lowest BCUT2D eigenvalue weighted by atomic mass is 10.3. The van der Waals surface area contributed by atoms with Crippen LogP contribution >= 0.6 is 11.8 Å². The highest BCUT2D eigenvalue weighted by atomic mass is 32.2. The van der Waals surface area contributed by atoms with E-state index < -0.39 is 26.0 Å². The molecule has 0 bridgehead atoms. The lowest BCUT2D eigenvalue weighted by Crippen LogP contribution is -2.40. The largest absolute Gasteiger partial charge is 0.495 e. The van der Waals surface area contributed by atoms with Crippen molar-refractivity contribution in [3.05, 3.63) is 36.4 Å². The van der Waals surface area contributed by atoms with E-state index in [1.165, 1.54) is 53.5 Å². The van der Waals surface area contributed by atoms with Crippen LogP contribution in [0.3, 0.4) is 0 Å². The molecule has 2 heterocycles. The lowest BCUT2D eigenvalue weighted by Gasteiger charge is -2.26. The standard InChI is InChI=1S/C24H31N5O7S3/c1-3-4-9-29-21-7-5-17(38(25,31)32)14-19(21)27-24(29)37-16-23(30)26-20-15-18(6-8-22(20)35-2)39(33,34)28-10-12-36-13-11-28/h5-8,14-15H,3-4,9-13,16H2,1-2H3,(H,26,30)(H2,25,31,32). The first kappa shape index (κ1) is 29.3. The Morgan fingerprint density at radius 3 is 2.51 bits per heavy atom. The number of unbranched alkanes of at least 4 members (excludes halogenated alkanes) is 1. The highest BCUT2D eigenvalue weighted by Gasteiger charge is 2.27. The van der Waals surface area contributed by atoms with Crippen LogP contribution in [0.15, 0.2) is 51.3 Å². The molecule has 0 unspecified atom stereocenters. The van der Waals surface area contributed by atoms with Crippen LogP contribution in [0.25, 0.3) is 11.0 Å². The zero-order chi connectivity index (χ0) is 28.2. The third-order valence-corrected chi connectivity index (χ3v) is 9.92. The summed E-state index contributed by atoms with van der Waals surface area (Å²) in [6, 6.07) is 8.85. The Morgan fingerprint density at radius 1 is 1.13 bits per heavy atom. The molecule has 2 aromatic carbocycles. The molecule has 1 saturated heterocycles. The van der Waals surface area contributed by atoms with Crippen molar-refractivity contribution in [1.29, 1.82) is 0 Å². The molecular weight excluding hydrogens is 566 g/mol. The summed E-state index contributed by atoms with van der Waals surface area (Å²) in [6.45, 7) is 3.85. The molecule has 1 aliphatic rings. The number of ether oxygens (including phenoxy) is 2. The maximum absolute atomic E-state index is 13.1. The van der Waals surface area contributed by atoms with E-state index in [2.05, 4.69) is 17.2 Å². The zero-order valence-corrected chi connectivity index (χ0v) is 24.1. The van der Waals surface area contributed by atoms with Crippen molar-refractivity contribution in [1.82, 2.24) is 13.9 Å². The topological polar surface area (TPSA) is 163 Å². The van der Waals surface area contributed by atoms with Gasteiger partial charge in [0.2, 0.25) is 26.0 Å². The Balaban J connectivity index is 1.54. The number of primary sulfonamides is 1. The van der Waals surface area contributed by atoms with E-state index in [4.69, 9.17) is 14.6 Å². The molecule has 0 radical (unpaired) electrons. The van der Waals surface area contributed by atoms with Crippen molar-refractivity contribution in [2.24, 2.45) is 5.14 Å². The number of hydrogen-bond donors (Lipinski definition) is 2. The molecule has 39 heavy (non-hydrogen) atoms. The van der Waals surface area contributed by atoms with Gasteiger partial charge in [-0.2, -0.15) is 4.31 Å². The van der Waals surface area contributed by atoms with Crippen molar-refractivity contribution in [3.63, 3.8) is 0 Å². The van der Waals surface area contributed by atoms with Gasteiger partial charge in [0.1, 0.15) is 5.75 Å². The van der Waals surface area contributed by atoms with Crippen LogP contribution in [0.2, 0.25) is 0 Å². The second kappa shape index (κ2) is 12.2. The smallest absolute Gasteiger partial charge is 0.243 e. The number of imidazole rings is 1. The molecule has 212 valence electrons. The Hall–Kier alpha value is -2.69. The minimum Gasteiger partial charge on any atom is -0.495 e. The van der Waals surface area contributed by atoms with Crippen LogP contribution in [0, 0.1) is 0 Å². The molecule has 1 aromatic heterocycles. The Morgan fingerprint density at radius 2 is 1.85 bits per heavy atom. The molecule has 15 heteroatoms. The maximum Gasteiger partial charge on any atom is 0.243 e. The normalized spacial score (nSPS) is 14.9. The summed E-state index contributed by atoms with van der Waals surface area (Å²) in [6.07, 6.45) is 1.80. The van der Waals surface area contributed by atoms with Crippen LogP contribution in [0.5, 0.6) is 5.75 Å². The number of amides is 1. The molecule has 3 N–H and O–H groups in total. The van der Waals surface area contributed by atoms with E-state index in [1.807, 2.05) is 4.57 Å². The van der Waals surface area contributed by atoms with Gasteiger partial charge in [0.05, 0.1) is 52.6 Å². The van der Waals surface area contributed by atoms with Crippen LogP contribution in [-0.2, 0) is 36.1 Å². The Labute approximate surface area is 232 Å². The van der Waals surface area contributed by atoms with Gasteiger partial charge in [-0.25, -0.2) is 27.0 Å². The number of sulfonamides is 2. The zero-order valence-electron chi connectivity index (χ0n) is 21.6. The van der Waals surface area contributed by atoms with Crippen LogP contribution in [0.4, 0.5) is 5.69 Å². The van der Waals surface area contributed by atoms with Crippen LogP contribution in [0.1, 0.15) is 19.8 Å². The second-order valence-electron chi connectivity index (χ2n) is 8.81. The number of carbonyl (C=O) groups is 1.